The summed E-state index contributed by atoms with van der Waals surface area (Å²) in [6.07, 6.45) is 4.10. The van der Waals surface area contributed by atoms with E-state index in [1.54, 1.807) is 38.2 Å². The van der Waals surface area contributed by atoms with Gasteiger partial charge < -0.3 is 16.4 Å². The van der Waals surface area contributed by atoms with Crippen LogP contribution in [0, 0.1) is 11.2 Å². The third-order valence-corrected chi connectivity index (χ3v) is 7.65. The molecule has 1 aromatic carbocycles. The van der Waals surface area contributed by atoms with Crippen molar-refractivity contribution in [3.63, 3.8) is 0 Å². The Morgan fingerprint density at radius 1 is 1.31 bits per heavy atom. The van der Waals surface area contributed by atoms with Crippen LogP contribution in [0.2, 0.25) is 0 Å². The Morgan fingerprint density at radius 3 is 2.92 bits per heavy atom. The number of aromatic nitrogens is 3. The zero-order chi connectivity index (χ0) is 27.7. The molecule has 0 radical (unpaired) electrons. The number of thiophene rings is 1. The zero-order valence-corrected chi connectivity index (χ0v) is 22.2. The van der Waals surface area contributed by atoms with Crippen LogP contribution in [0.1, 0.15) is 42.6 Å². The number of nitrogens with two attached hydrogens (primary N) is 1. The molecule has 2 unspecified atom stereocenters. The Hall–Kier alpha value is -4.45. The minimum absolute atomic E-state index is 0.0313. The van der Waals surface area contributed by atoms with Crippen molar-refractivity contribution in [1.82, 2.24) is 19.9 Å². The van der Waals surface area contributed by atoms with Crippen LogP contribution < -0.4 is 21.9 Å². The van der Waals surface area contributed by atoms with Gasteiger partial charge in [-0.3, -0.25) is 19.6 Å². The number of hydrogen-bond acceptors (Lipinski definition) is 8. The molecule has 5 N–H and O–H groups in total. The molecule has 0 saturated carbocycles. The summed E-state index contributed by atoms with van der Waals surface area (Å²) in [5, 5.41) is 15.2. The molecular formula is C27H27FN8O2S. The van der Waals surface area contributed by atoms with Crippen molar-refractivity contribution in [2.75, 3.05) is 11.1 Å². The van der Waals surface area contributed by atoms with Crippen molar-refractivity contribution in [3.05, 3.63) is 81.2 Å². The number of amides is 1. The third kappa shape index (κ3) is 5.55. The number of nitrogen functional groups attached to an aromatic ring is 1. The number of amidine groups is 1. The number of anilines is 2. The lowest BCUT2D eigenvalue weighted by Crippen LogP contribution is -2.37. The molecule has 0 bridgehead atoms. The summed E-state index contributed by atoms with van der Waals surface area (Å²) in [5.74, 6) is 0.299. The number of benzene rings is 1. The number of carbonyl (C=O) groups is 1. The number of carbonyl (C=O) groups excluding carboxylic acids is 1. The van der Waals surface area contributed by atoms with Gasteiger partial charge in [-0.1, -0.05) is 12.1 Å². The maximum absolute atomic E-state index is 13.5. The van der Waals surface area contributed by atoms with E-state index in [-0.39, 0.29) is 28.8 Å². The SMILES string of the molecule is CC(=NC(=N)C(C)Nc1cnc2n(c1=O)C(C(=O)NCc1cc3cnc(N)cc3s1)CC2)c1cccc(F)c1. The normalized spacial score (nSPS) is 15.7. The summed E-state index contributed by atoms with van der Waals surface area (Å²) >= 11 is 1.53. The number of aliphatic imine (C=N–C) groups is 1. The fourth-order valence-electron chi connectivity index (χ4n) is 4.49. The molecule has 0 spiro atoms. The molecular weight excluding hydrogens is 519 g/mol. The van der Waals surface area contributed by atoms with Gasteiger partial charge >= 0.3 is 0 Å². The van der Waals surface area contributed by atoms with Gasteiger partial charge in [-0.2, -0.15) is 0 Å². The molecule has 3 aromatic heterocycles. The summed E-state index contributed by atoms with van der Waals surface area (Å²) in [5.41, 5.74) is 6.59. The third-order valence-electron chi connectivity index (χ3n) is 6.55. The fourth-order valence-corrected chi connectivity index (χ4v) is 5.51. The van der Waals surface area contributed by atoms with E-state index in [4.69, 9.17) is 11.1 Å². The molecule has 1 aliphatic rings. The second kappa shape index (κ2) is 10.7. The minimum Gasteiger partial charge on any atom is -0.384 e. The number of halogens is 1. The Morgan fingerprint density at radius 2 is 2.13 bits per heavy atom. The van der Waals surface area contributed by atoms with Crippen molar-refractivity contribution in [2.45, 2.75) is 45.3 Å². The highest BCUT2D eigenvalue weighted by Gasteiger charge is 2.31. The van der Waals surface area contributed by atoms with Gasteiger partial charge in [0.2, 0.25) is 5.91 Å². The van der Waals surface area contributed by atoms with Crippen molar-refractivity contribution < 1.29 is 9.18 Å². The lowest BCUT2D eigenvalue weighted by Gasteiger charge is -2.17. The second-order valence-corrected chi connectivity index (χ2v) is 10.5. The molecule has 4 aromatic rings. The van der Waals surface area contributed by atoms with Gasteiger partial charge in [0.1, 0.15) is 35.0 Å². The highest BCUT2D eigenvalue weighted by Crippen LogP contribution is 2.27. The molecule has 0 saturated heterocycles. The van der Waals surface area contributed by atoms with E-state index in [9.17, 15) is 14.0 Å². The molecule has 39 heavy (non-hydrogen) atoms. The van der Waals surface area contributed by atoms with Gasteiger partial charge in [-0.15, -0.1) is 11.3 Å². The van der Waals surface area contributed by atoms with Crippen LogP contribution in [-0.4, -0.2) is 38.0 Å². The maximum Gasteiger partial charge on any atom is 0.277 e. The molecule has 4 heterocycles. The van der Waals surface area contributed by atoms with Crippen molar-refractivity contribution >= 4 is 50.4 Å². The smallest absolute Gasteiger partial charge is 0.277 e. The molecule has 200 valence electrons. The first-order valence-electron chi connectivity index (χ1n) is 12.4. The Labute approximate surface area is 227 Å². The summed E-state index contributed by atoms with van der Waals surface area (Å²) in [6.45, 7) is 3.71. The van der Waals surface area contributed by atoms with Crippen molar-refractivity contribution in [1.29, 1.82) is 5.41 Å². The van der Waals surface area contributed by atoms with E-state index >= 15 is 0 Å². The van der Waals surface area contributed by atoms with E-state index in [2.05, 4.69) is 25.6 Å². The van der Waals surface area contributed by atoms with E-state index in [1.807, 2.05) is 6.07 Å². The number of nitrogens with zero attached hydrogens (tertiary/aromatic N) is 4. The van der Waals surface area contributed by atoms with E-state index in [0.29, 0.717) is 42.3 Å². The standard InChI is InChI=1S/C27H27FN8O2S/c1-14(16-4-3-5-18(28)8-16)35-25(30)15(2)34-20-13-32-24-7-6-21(36(24)27(20)38)26(37)33-12-19-9-17-11-31-23(29)10-22(17)39-19/h3-5,8-11,13,15,21,30,34H,6-7,12H2,1-2H3,(H2,29,31)(H,33,37). The average molecular weight is 547 g/mol. The summed E-state index contributed by atoms with van der Waals surface area (Å²) in [6, 6.07) is 8.42. The van der Waals surface area contributed by atoms with Gasteiger partial charge in [-0.05, 0) is 50.1 Å². The van der Waals surface area contributed by atoms with Crippen LogP contribution in [0.3, 0.4) is 0 Å². The largest absolute Gasteiger partial charge is 0.384 e. The predicted molar refractivity (Wildman–Crippen MR) is 151 cm³/mol. The molecule has 10 nitrogen and oxygen atoms in total. The van der Waals surface area contributed by atoms with Crippen LogP contribution >= 0.6 is 11.3 Å². The summed E-state index contributed by atoms with van der Waals surface area (Å²) in [7, 11) is 0. The van der Waals surface area contributed by atoms with Crippen LogP contribution in [0.15, 0.2) is 58.6 Å². The van der Waals surface area contributed by atoms with Gasteiger partial charge in [0.05, 0.1) is 18.8 Å². The molecule has 0 fully saturated rings. The molecule has 5 rings (SSSR count). The first-order valence-corrected chi connectivity index (χ1v) is 13.2. The second-order valence-electron chi connectivity index (χ2n) is 9.35. The maximum atomic E-state index is 13.5. The van der Waals surface area contributed by atoms with E-state index in [1.165, 1.54) is 34.2 Å². The topological polar surface area (TPSA) is 151 Å². The van der Waals surface area contributed by atoms with Gasteiger partial charge in [0.25, 0.3) is 5.56 Å². The Kier molecular flexibility index (Phi) is 7.20. The first-order chi connectivity index (χ1) is 18.7. The monoisotopic (exact) mass is 546 g/mol. The quantitative estimate of drug-likeness (QED) is 0.205. The number of aryl methyl sites for hydroxylation is 1. The van der Waals surface area contributed by atoms with E-state index in [0.717, 1.165) is 15.0 Å². The fraction of sp³-hybridized carbons (Fsp3) is 0.259. The molecule has 1 amide bonds. The lowest BCUT2D eigenvalue weighted by molar-refractivity contribution is -0.124. The number of fused-ring (bicyclic) bond motifs is 2. The van der Waals surface area contributed by atoms with Crippen LogP contribution in [-0.2, 0) is 17.8 Å². The molecule has 12 heteroatoms. The average Bonchev–Trinajstić information content (AvgIpc) is 3.53. The molecule has 1 aliphatic heterocycles. The number of rotatable bonds is 7. The van der Waals surface area contributed by atoms with Crippen LogP contribution in [0.4, 0.5) is 15.9 Å². The van der Waals surface area contributed by atoms with Crippen LogP contribution in [0.5, 0.6) is 0 Å². The highest BCUT2D eigenvalue weighted by atomic mass is 32.1. The summed E-state index contributed by atoms with van der Waals surface area (Å²) < 4.78 is 16.0. The zero-order valence-electron chi connectivity index (χ0n) is 21.4. The lowest BCUT2D eigenvalue weighted by atomic mass is 10.1. The Bertz CT molecular complexity index is 1680. The number of hydrogen-bond donors (Lipinski definition) is 4. The molecule has 0 aliphatic carbocycles. The number of pyridine rings is 1. The highest BCUT2D eigenvalue weighted by molar-refractivity contribution is 7.19. The van der Waals surface area contributed by atoms with Crippen LogP contribution in [0.25, 0.3) is 10.1 Å². The minimum atomic E-state index is -0.684. The number of nitrogens with one attached hydrogen (secondary N) is 3. The van der Waals surface area contributed by atoms with Gasteiger partial charge in [-0.25, -0.2) is 19.4 Å². The van der Waals surface area contributed by atoms with Gasteiger partial charge in [0, 0.05) is 33.3 Å². The predicted octanol–water partition coefficient (Wildman–Crippen LogP) is 3.66. The van der Waals surface area contributed by atoms with Crippen molar-refractivity contribution in [3.8, 4) is 0 Å². The molecule has 2 atom stereocenters. The Balaban J connectivity index is 1.28. The first kappa shape index (κ1) is 26.2. The van der Waals surface area contributed by atoms with E-state index < -0.39 is 12.1 Å². The van der Waals surface area contributed by atoms with Crippen molar-refractivity contribution in [2.24, 2.45) is 4.99 Å². The van der Waals surface area contributed by atoms with Gasteiger partial charge in [0.15, 0.2) is 0 Å². The summed E-state index contributed by atoms with van der Waals surface area (Å²) in [4.78, 5) is 40.2.